The number of nitrogen functional groups attached to an aromatic ring is 1. The largest absolute Gasteiger partial charge is 0.495 e. The summed E-state index contributed by atoms with van der Waals surface area (Å²) < 4.78 is 10.6. The minimum Gasteiger partial charge on any atom is -0.495 e. The molecule has 8 heteroatoms. The maximum Gasteiger partial charge on any atom is 0.141 e. The molecule has 0 aliphatic carbocycles. The smallest absolute Gasteiger partial charge is 0.141 e. The van der Waals surface area contributed by atoms with Crippen molar-refractivity contribution in [3.8, 4) is 22.6 Å². The van der Waals surface area contributed by atoms with Crippen molar-refractivity contribution in [3.05, 3.63) is 39.6 Å². The average molecular weight is 385 g/mol. The van der Waals surface area contributed by atoms with Gasteiger partial charge in [-0.3, -0.25) is 0 Å². The van der Waals surface area contributed by atoms with Crippen LogP contribution in [0.25, 0.3) is 22.0 Å². The van der Waals surface area contributed by atoms with E-state index in [1.807, 2.05) is 0 Å². The topological polar surface area (TPSA) is 70.3 Å². The van der Waals surface area contributed by atoms with Crippen molar-refractivity contribution >= 4 is 51.5 Å². The van der Waals surface area contributed by atoms with Gasteiger partial charge in [0.2, 0.25) is 0 Å². The molecule has 0 aliphatic heterocycles. The molecule has 0 radical (unpaired) electrons. The SMILES string of the molecule is COc1cc(OC)c(Cl)c(-c2cc3cnc(Cl)cc3nc2N)c1Cl. The molecule has 0 unspecified atom stereocenters. The number of ether oxygens (including phenoxy) is 2. The maximum atomic E-state index is 6.44. The summed E-state index contributed by atoms with van der Waals surface area (Å²) in [6, 6.07) is 5.04. The first-order valence-electron chi connectivity index (χ1n) is 6.78. The third kappa shape index (κ3) is 2.79. The van der Waals surface area contributed by atoms with Crippen LogP contribution in [0.15, 0.2) is 24.4 Å². The van der Waals surface area contributed by atoms with Crippen molar-refractivity contribution in [3.63, 3.8) is 0 Å². The van der Waals surface area contributed by atoms with E-state index < -0.39 is 0 Å². The van der Waals surface area contributed by atoms with Crippen molar-refractivity contribution in [1.29, 1.82) is 0 Å². The first-order chi connectivity index (χ1) is 11.5. The number of benzene rings is 1. The molecule has 1 aromatic carbocycles. The Balaban J connectivity index is 2.34. The van der Waals surface area contributed by atoms with Crippen molar-refractivity contribution in [1.82, 2.24) is 9.97 Å². The van der Waals surface area contributed by atoms with Gasteiger partial charge in [0.25, 0.3) is 0 Å². The highest BCUT2D eigenvalue weighted by Gasteiger charge is 2.21. The molecule has 0 aliphatic rings. The van der Waals surface area contributed by atoms with E-state index >= 15 is 0 Å². The van der Waals surface area contributed by atoms with Gasteiger partial charge in [-0.15, -0.1) is 0 Å². The summed E-state index contributed by atoms with van der Waals surface area (Å²) in [5.41, 5.74) is 7.78. The van der Waals surface area contributed by atoms with Crippen LogP contribution in [0.3, 0.4) is 0 Å². The zero-order chi connectivity index (χ0) is 17.4. The summed E-state index contributed by atoms with van der Waals surface area (Å²) in [4.78, 5) is 8.41. The maximum absolute atomic E-state index is 6.44. The fourth-order valence-corrected chi connectivity index (χ4v) is 3.24. The van der Waals surface area contributed by atoms with Gasteiger partial charge in [0.05, 0.1) is 29.8 Å². The molecule has 0 saturated carbocycles. The highest BCUT2D eigenvalue weighted by Crippen LogP contribution is 2.47. The molecule has 3 aromatic rings. The van der Waals surface area contributed by atoms with E-state index in [0.29, 0.717) is 43.3 Å². The van der Waals surface area contributed by atoms with Gasteiger partial charge in [0.15, 0.2) is 0 Å². The summed E-state index contributed by atoms with van der Waals surface area (Å²) in [5, 5.41) is 1.72. The number of methoxy groups -OCH3 is 2. The van der Waals surface area contributed by atoms with Crippen molar-refractivity contribution in [2.45, 2.75) is 0 Å². The zero-order valence-electron chi connectivity index (χ0n) is 12.7. The molecular formula is C16H12Cl3N3O2. The molecule has 0 fully saturated rings. The molecule has 0 spiro atoms. The summed E-state index contributed by atoms with van der Waals surface area (Å²) in [6.45, 7) is 0. The number of aromatic nitrogens is 2. The lowest BCUT2D eigenvalue weighted by Gasteiger charge is -2.16. The van der Waals surface area contributed by atoms with E-state index in [0.717, 1.165) is 5.39 Å². The standard InChI is InChI=1S/C16H12Cl3N3O2/c1-23-10-5-11(24-2)15(19)13(14(10)18)8-3-7-6-21-12(17)4-9(7)22-16(8)20/h3-6H,1-2H3,(H2,20,22). The number of nitrogens with zero attached hydrogens (tertiary/aromatic N) is 2. The lowest BCUT2D eigenvalue weighted by atomic mass is 10.0. The Morgan fingerprint density at radius 1 is 0.958 bits per heavy atom. The summed E-state index contributed by atoms with van der Waals surface area (Å²) >= 11 is 18.8. The number of anilines is 1. The van der Waals surface area contributed by atoms with Gasteiger partial charge in [-0.2, -0.15) is 0 Å². The number of rotatable bonds is 3. The van der Waals surface area contributed by atoms with Crippen molar-refractivity contribution < 1.29 is 9.47 Å². The molecule has 0 bridgehead atoms. The Labute approximate surface area is 153 Å². The second kappa shape index (κ2) is 6.51. The number of nitrogens with two attached hydrogens (primary N) is 1. The molecule has 2 N–H and O–H groups in total. The molecule has 2 aromatic heterocycles. The number of halogens is 3. The van der Waals surface area contributed by atoms with E-state index in [1.54, 1.807) is 24.4 Å². The lowest BCUT2D eigenvalue weighted by molar-refractivity contribution is 0.395. The van der Waals surface area contributed by atoms with E-state index in [2.05, 4.69) is 9.97 Å². The predicted molar refractivity (Wildman–Crippen MR) is 97.5 cm³/mol. The Morgan fingerprint density at radius 2 is 1.58 bits per heavy atom. The van der Waals surface area contributed by atoms with Crippen LogP contribution in [0, 0.1) is 0 Å². The summed E-state index contributed by atoms with van der Waals surface area (Å²) in [6.07, 6.45) is 1.60. The molecule has 124 valence electrons. The third-order valence-electron chi connectivity index (χ3n) is 3.54. The summed E-state index contributed by atoms with van der Waals surface area (Å²) in [7, 11) is 3.01. The fraction of sp³-hybridized carbons (Fsp3) is 0.125. The molecule has 3 rings (SSSR count). The molecule has 2 heterocycles. The van der Waals surface area contributed by atoms with Crippen LogP contribution in [-0.2, 0) is 0 Å². The first-order valence-corrected chi connectivity index (χ1v) is 7.91. The Bertz CT molecular complexity index is 919. The van der Waals surface area contributed by atoms with Crippen molar-refractivity contribution in [2.24, 2.45) is 0 Å². The highest BCUT2D eigenvalue weighted by molar-refractivity contribution is 6.41. The quantitative estimate of drug-likeness (QED) is 0.653. The number of fused-ring (bicyclic) bond motifs is 1. The summed E-state index contributed by atoms with van der Waals surface area (Å²) in [5.74, 6) is 1.09. The molecule has 0 atom stereocenters. The lowest BCUT2D eigenvalue weighted by Crippen LogP contribution is -1.99. The van der Waals surface area contributed by atoms with Gasteiger partial charge in [0.1, 0.15) is 22.5 Å². The van der Waals surface area contributed by atoms with Crippen LogP contribution in [0.4, 0.5) is 5.82 Å². The Kier molecular flexibility index (Phi) is 4.58. The molecular weight excluding hydrogens is 373 g/mol. The van der Waals surface area contributed by atoms with Crippen LogP contribution in [0.5, 0.6) is 11.5 Å². The van der Waals surface area contributed by atoms with Gasteiger partial charge in [0, 0.05) is 34.8 Å². The van der Waals surface area contributed by atoms with Crippen LogP contribution in [0.2, 0.25) is 15.2 Å². The van der Waals surface area contributed by atoms with E-state index in [-0.39, 0.29) is 5.82 Å². The second-order valence-corrected chi connectivity index (χ2v) is 6.05. The Hall–Kier alpha value is -1.95. The molecule has 0 saturated heterocycles. The van der Waals surface area contributed by atoms with Gasteiger partial charge < -0.3 is 15.2 Å². The third-order valence-corrected chi connectivity index (χ3v) is 4.50. The fourth-order valence-electron chi connectivity index (χ4n) is 2.38. The average Bonchev–Trinajstić information content (AvgIpc) is 2.55. The Morgan fingerprint density at radius 3 is 2.17 bits per heavy atom. The number of hydrogen-bond acceptors (Lipinski definition) is 5. The number of hydrogen-bond donors (Lipinski definition) is 1. The second-order valence-electron chi connectivity index (χ2n) is 4.90. The first kappa shape index (κ1) is 16.9. The molecule has 24 heavy (non-hydrogen) atoms. The van der Waals surface area contributed by atoms with Crippen LogP contribution >= 0.6 is 34.8 Å². The minimum absolute atomic E-state index is 0.254. The van der Waals surface area contributed by atoms with Crippen LogP contribution in [0.1, 0.15) is 0 Å². The van der Waals surface area contributed by atoms with Gasteiger partial charge in [-0.1, -0.05) is 34.8 Å². The molecule has 5 nitrogen and oxygen atoms in total. The van der Waals surface area contributed by atoms with E-state index in [9.17, 15) is 0 Å². The monoisotopic (exact) mass is 383 g/mol. The number of pyridine rings is 2. The highest BCUT2D eigenvalue weighted by atomic mass is 35.5. The normalized spacial score (nSPS) is 10.9. The van der Waals surface area contributed by atoms with Gasteiger partial charge in [-0.25, -0.2) is 9.97 Å². The van der Waals surface area contributed by atoms with E-state index in [1.165, 1.54) is 14.2 Å². The van der Waals surface area contributed by atoms with Gasteiger partial charge >= 0.3 is 0 Å². The van der Waals surface area contributed by atoms with Crippen molar-refractivity contribution in [2.75, 3.05) is 20.0 Å². The van der Waals surface area contributed by atoms with Gasteiger partial charge in [-0.05, 0) is 6.07 Å². The van der Waals surface area contributed by atoms with E-state index in [4.69, 9.17) is 50.0 Å². The van der Waals surface area contributed by atoms with Crippen LogP contribution in [-0.4, -0.2) is 24.2 Å². The van der Waals surface area contributed by atoms with Crippen LogP contribution < -0.4 is 15.2 Å². The molecule has 0 amide bonds. The zero-order valence-corrected chi connectivity index (χ0v) is 15.0. The minimum atomic E-state index is 0.254. The predicted octanol–water partition coefficient (Wildman–Crippen LogP) is 4.86.